The molecule has 0 unspecified atom stereocenters. The first-order valence-corrected chi connectivity index (χ1v) is 15.3. The highest BCUT2D eigenvalue weighted by Crippen LogP contribution is 2.38. The van der Waals surface area contributed by atoms with Gasteiger partial charge in [0.05, 0.1) is 11.6 Å². The molecule has 0 spiro atoms. The number of hydrogen-bond donors (Lipinski definition) is 1. The number of aryl methyl sites for hydroxylation is 2. The van der Waals surface area contributed by atoms with E-state index in [0.717, 1.165) is 41.6 Å². The van der Waals surface area contributed by atoms with Crippen LogP contribution in [0.2, 0.25) is 0 Å². The zero-order chi connectivity index (χ0) is 30.5. The maximum atomic E-state index is 9.30. The molecule has 0 radical (unpaired) electrons. The van der Waals surface area contributed by atoms with E-state index in [4.69, 9.17) is 5.73 Å². The number of nitrogens with zero attached hydrogens (tertiary/aromatic N) is 1. The minimum atomic E-state index is 0.664. The zero-order valence-corrected chi connectivity index (χ0v) is 25.3. The lowest BCUT2D eigenvalue weighted by atomic mass is 9.86. The molecule has 0 heterocycles. The van der Waals surface area contributed by atoms with Crippen molar-refractivity contribution in [1.29, 1.82) is 5.26 Å². The van der Waals surface area contributed by atoms with Gasteiger partial charge in [-0.25, -0.2) is 0 Å². The third-order valence-corrected chi connectivity index (χ3v) is 8.43. The standard InChI is InChI=1S/C42H36N2/c1-3-8-34-21-23-37(27-40(34)42-29(2)9-7-12-39(42)35-18-14-31(28-43)15-19-35)41(44)24-16-30-13-17-33-20-22-36(26-38(33)25-30)32-10-5-4-6-11-32/h4-7,9-24,26-27H,3,8,25,44H2,1-2H3/b30-16-,41-24-. The number of benzene rings is 5. The lowest BCUT2D eigenvalue weighted by molar-refractivity contribution is 0.923. The molecule has 5 aromatic carbocycles. The molecular formula is C42H36N2. The number of fused-ring (bicyclic) bond motifs is 1. The largest absolute Gasteiger partial charge is 0.398 e. The van der Waals surface area contributed by atoms with E-state index in [-0.39, 0.29) is 0 Å². The topological polar surface area (TPSA) is 49.8 Å². The number of nitriles is 1. The van der Waals surface area contributed by atoms with Crippen LogP contribution in [-0.2, 0) is 12.8 Å². The summed E-state index contributed by atoms with van der Waals surface area (Å²) in [5.74, 6) is 0. The average Bonchev–Trinajstić information content (AvgIpc) is 3.07. The van der Waals surface area contributed by atoms with Crippen LogP contribution < -0.4 is 5.73 Å². The van der Waals surface area contributed by atoms with E-state index in [1.54, 1.807) is 0 Å². The average molecular weight is 569 g/mol. The smallest absolute Gasteiger partial charge is 0.0991 e. The quantitative estimate of drug-likeness (QED) is 0.212. The third kappa shape index (κ3) is 6.05. The number of nitrogens with two attached hydrogens (primary N) is 1. The number of rotatable bonds is 7. The fourth-order valence-corrected chi connectivity index (χ4v) is 6.08. The van der Waals surface area contributed by atoms with Gasteiger partial charge in [-0.05, 0) is 111 Å². The molecule has 0 saturated carbocycles. The highest BCUT2D eigenvalue weighted by Gasteiger charge is 2.15. The van der Waals surface area contributed by atoms with Crippen molar-refractivity contribution in [2.75, 3.05) is 0 Å². The lowest BCUT2D eigenvalue weighted by Gasteiger charge is -2.18. The Kier molecular flexibility index (Phi) is 8.39. The van der Waals surface area contributed by atoms with Gasteiger partial charge in [-0.3, -0.25) is 0 Å². The van der Waals surface area contributed by atoms with Crippen LogP contribution in [0.4, 0.5) is 0 Å². The van der Waals surface area contributed by atoms with Gasteiger partial charge in [0.2, 0.25) is 0 Å². The van der Waals surface area contributed by atoms with Crippen molar-refractivity contribution in [1.82, 2.24) is 0 Å². The molecule has 0 aliphatic heterocycles. The molecule has 6 rings (SSSR count). The van der Waals surface area contributed by atoms with Gasteiger partial charge in [-0.2, -0.15) is 5.26 Å². The molecule has 5 aromatic rings. The maximum absolute atomic E-state index is 9.30. The first-order chi connectivity index (χ1) is 21.5. The molecule has 0 bridgehead atoms. The van der Waals surface area contributed by atoms with Crippen molar-refractivity contribution in [2.24, 2.45) is 5.73 Å². The van der Waals surface area contributed by atoms with E-state index in [1.807, 2.05) is 30.3 Å². The Bertz CT molecular complexity index is 1950. The molecule has 0 aromatic heterocycles. The molecule has 214 valence electrons. The minimum absolute atomic E-state index is 0.664. The maximum Gasteiger partial charge on any atom is 0.0991 e. The SMILES string of the molecule is CCCc1ccc(/C(N)=C/C=C2/C=Cc3ccc(-c4ccccc4)cc3C2)cc1-c1c(C)cccc1-c1ccc(C#N)cc1. The molecule has 2 N–H and O–H groups in total. The Morgan fingerprint density at radius 1 is 0.795 bits per heavy atom. The van der Waals surface area contributed by atoms with Gasteiger partial charge in [0.15, 0.2) is 0 Å². The molecule has 2 heteroatoms. The zero-order valence-electron chi connectivity index (χ0n) is 25.3. The van der Waals surface area contributed by atoms with Crippen LogP contribution in [-0.4, -0.2) is 0 Å². The fourth-order valence-electron chi connectivity index (χ4n) is 6.08. The third-order valence-electron chi connectivity index (χ3n) is 8.43. The Balaban J connectivity index is 1.34. The molecule has 1 aliphatic rings. The monoisotopic (exact) mass is 568 g/mol. The number of allylic oxidation sites excluding steroid dienone is 4. The van der Waals surface area contributed by atoms with E-state index < -0.39 is 0 Å². The van der Waals surface area contributed by atoms with Gasteiger partial charge in [0, 0.05) is 5.70 Å². The van der Waals surface area contributed by atoms with E-state index in [0.29, 0.717) is 5.56 Å². The lowest BCUT2D eigenvalue weighted by Crippen LogP contribution is -2.01. The summed E-state index contributed by atoms with van der Waals surface area (Å²) in [6, 6.07) is 40.4. The molecule has 0 amide bonds. The van der Waals surface area contributed by atoms with Crippen molar-refractivity contribution < 1.29 is 0 Å². The number of hydrogen-bond acceptors (Lipinski definition) is 2. The summed E-state index contributed by atoms with van der Waals surface area (Å²) in [4.78, 5) is 0. The van der Waals surface area contributed by atoms with Gasteiger partial charge in [-0.15, -0.1) is 0 Å². The van der Waals surface area contributed by atoms with Crippen LogP contribution in [0.1, 0.15) is 46.7 Å². The highest BCUT2D eigenvalue weighted by atomic mass is 14.6. The molecule has 0 atom stereocenters. The summed E-state index contributed by atoms with van der Waals surface area (Å²) >= 11 is 0. The van der Waals surface area contributed by atoms with Crippen molar-refractivity contribution in [3.8, 4) is 39.4 Å². The first-order valence-electron chi connectivity index (χ1n) is 15.3. The van der Waals surface area contributed by atoms with E-state index >= 15 is 0 Å². The van der Waals surface area contributed by atoms with E-state index in [9.17, 15) is 5.26 Å². The second-order valence-corrected chi connectivity index (χ2v) is 11.5. The Morgan fingerprint density at radius 3 is 2.36 bits per heavy atom. The minimum Gasteiger partial charge on any atom is -0.398 e. The summed E-state index contributed by atoms with van der Waals surface area (Å²) in [6.07, 6.45) is 11.5. The molecular weight excluding hydrogens is 532 g/mol. The van der Waals surface area contributed by atoms with Crippen LogP contribution in [0.5, 0.6) is 0 Å². The van der Waals surface area contributed by atoms with Crippen molar-refractivity contribution >= 4 is 11.8 Å². The summed E-state index contributed by atoms with van der Waals surface area (Å²) in [5, 5.41) is 9.30. The second-order valence-electron chi connectivity index (χ2n) is 11.5. The normalized spacial score (nSPS) is 13.5. The summed E-state index contributed by atoms with van der Waals surface area (Å²) in [5.41, 5.74) is 22.7. The van der Waals surface area contributed by atoms with Crippen LogP contribution >= 0.6 is 0 Å². The Morgan fingerprint density at radius 2 is 1.59 bits per heavy atom. The predicted molar refractivity (Wildman–Crippen MR) is 186 cm³/mol. The highest BCUT2D eigenvalue weighted by molar-refractivity contribution is 5.88. The van der Waals surface area contributed by atoms with Crippen molar-refractivity contribution in [3.63, 3.8) is 0 Å². The predicted octanol–water partition coefficient (Wildman–Crippen LogP) is 10.3. The van der Waals surface area contributed by atoms with E-state index in [2.05, 4.69) is 123 Å². The van der Waals surface area contributed by atoms with Gasteiger partial charge in [-0.1, -0.05) is 123 Å². The van der Waals surface area contributed by atoms with Gasteiger partial charge < -0.3 is 5.73 Å². The molecule has 0 saturated heterocycles. The van der Waals surface area contributed by atoms with Crippen LogP contribution in [0.3, 0.4) is 0 Å². The first kappa shape index (κ1) is 28.7. The van der Waals surface area contributed by atoms with Gasteiger partial charge >= 0.3 is 0 Å². The van der Waals surface area contributed by atoms with Crippen LogP contribution in [0.15, 0.2) is 133 Å². The van der Waals surface area contributed by atoms with E-state index in [1.165, 1.54) is 50.1 Å². The fraction of sp³-hybridized carbons (Fsp3) is 0.119. The van der Waals surface area contributed by atoms with Crippen molar-refractivity contribution in [3.05, 3.63) is 166 Å². The molecule has 2 nitrogen and oxygen atoms in total. The van der Waals surface area contributed by atoms with Gasteiger partial charge in [0.25, 0.3) is 0 Å². The summed E-state index contributed by atoms with van der Waals surface area (Å²) < 4.78 is 0. The van der Waals surface area contributed by atoms with Crippen LogP contribution in [0, 0.1) is 18.3 Å². The summed E-state index contributed by atoms with van der Waals surface area (Å²) in [6.45, 7) is 4.39. The Hall–Kier alpha value is -5.39. The molecule has 44 heavy (non-hydrogen) atoms. The van der Waals surface area contributed by atoms with Gasteiger partial charge in [0.1, 0.15) is 0 Å². The molecule has 0 fully saturated rings. The summed E-state index contributed by atoms with van der Waals surface area (Å²) in [7, 11) is 0. The van der Waals surface area contributed by atoms with Crippen molar-refractivity contribution in [2.45, 2.75) is 33.1 Å². The second kappa shape index (κ2) is 12.9. The molecule has 1 aliphatic carbocycles. The van der Waals surface area contributed by atoms with Crippen LogP contribution in [0.25, 0.3) is 45.2 Å². The Labute approximate surface area is 261 Å².